The maximum Gasteiger partial charge on any atom is 0.336 e. The zero-order valence-corrected chi connectivity index (χ0v) is 12.2. The Morgan fingerprint density at radius 1 is 1.22 bits per heavy atom. The zero-order chi connectivity index (χ0) is 14.6. The second kappa shape index (κ2) is 6.50. The average Bonchev–Trinajstić information content (AvgIpc) is 2.21. The van der Waals surface area contributed by atoms with Gasteiger partial charge in [-0.05, 0) is 32.1 Å². The number of aliphatic carboxylic acids is 1. The molecule has 2 atom stereocenters. The van der Waals surface area contributed by atoms with E-state index in [9.17, 15) is 9.90 Å². The normalized spacial score (nSPS) is 16.4. The molecule has 0 bridgehead atoms. The van der Waals surface area contributed by atoms with Gasteiger partial charge >= 0.3 is 5.97 Å². The number of aliphatic hydroxyl groups is 1. The zero-order valence-electron chi connectivity index (χ0n) is 12.2. The van der Waals surface area contributed by atoms with Crippen LogP contribution in [0.5, 0.6) is 0 Å². The van der Waals surface area contributed by atoms with Crippen molar-refractivity contribution in [2.24, 2.45) is 5.41 Å². The van der Waals surface area contributed by atoms with Crippen LogP contribution in [0.1, 0.15) is 54.4 Å². The number of carboxylic acid groups (broad SMARTS) is 1. The van der Waals surface area contributed by atoms with Crippen molar-refractivity contribution < 1.29 is 24.8 Å². The second-order valence-corrected chi connectivity index (χ2v) is 6.30. The Labute approximate surface area is 109 Å². The molecule has 0 amide bonds. The molecule has 0 heterocycles. The molecule has 0 fully saturated rings. The van der Waals surface area contributed by atoms with Crippen LogP contribution in [0.4, 0.5) is 0 Å². The van der Waals surface area contributed by atoms with Gasteiger partial charge in [0.15, 0.2) is 6.10 Å². The van der Waals surface area contributed by atoms with Crippen molar-refractivity contribution >= 4 is 5.97 Å². The van der Waals surface area contributed by atoms with E-state index in [4.69, 9.17) is 14.9 Å². The van der Waals surface area contributed by atoms with Crippen molar-refractivity contribution in [1.29, 1.82) is 0 Å². The molecule has 0 aromatic carbocycles. The smallest absolute Gasteiger partial charge is 0.336 e. The quantitative estimate of drug-likeness (QED) is 0.544. The lowest BCUT2D eigenvalue weighted by atomic mass is 9.89. The number of rotatable bonds is 7. The van der Waals surface area contributed by atoms with Gasteiger partial charge in [0.25, 0.3) is 0 Å². The van der Waals surface area contributed by atoms with Crippen LogP contribution in [-0.2, 0) is 14.6 Å². The van der Waals surface area contributed by atoms with Gasteiger partial charge < -0.3 is 10.2 Å². The molecule has 108 valence electrons. The molecule has 5 nitrogen and oxygen atoms in total. The first-order valence-electron chi connectivity index (χ1n) is 6.25. The Kier molecular flexibility index (Phi) is 6.26. The van der Waals surface area contributed by atoms with Crippen LogP contribution in [-0.4, -0.2) is 34.0 Å². The number of hydrogen-bond donors (Lipinski definition) is 2. The van der Waals surface area contributed by atoms with Crippen LogP contribution in [0.15, 0.2) is 0 Å². The van der Waals surface area contributed by atoms with Gasteiger partial charge in [0.05, 0.1) is 6.10 Å². The lowest BCUT2D eigenvalue weighted by molar-refractivity contribution is -0.388. The molecular formula is C13H26O5. The highest BCUT2D eigenvalue weighted by atomic mass is 17.2. The third-order valence-corrected chi connectivity index (χ3v) is 2.64. The Morgan fingerprint density at radius 3 is 2.06 bits per heavy atom. The third kappa shape index (κ3) is 6.33. The van der Waals surface area contributed by atoms with Crippen molar-refractivity contribution in [2.75, 3.05) is 0 Å². The Bertz CT molecular complexity index is 267. The molecule has 2 unspecified atom stereocenters. The molecule has 0 aliphatic carbocycles. The number of carbonyl (C=O) groups is 1. The molecule has 0 spiro atoms. The third-order valence-electron chi connectivity index (χ3n) is 2.64. The average molecular weight is 262 g/mol. The van der Waals surface area contributed by atoms with Gasteiger partial charge in [0, 0.05) is 0 Å². The lowest BCUT2D eigenvalue weighted by Crippen LogP contribution is -2.41. The standard InChI is InChI=1S/C13H26O5/c1-7-10(14)13(5,6)18-17-9(11(15)16)8-12(2,3)4/h9-10,14H,7-8H2,1-6H3,(H,15,16). The SMILES string of the molecule is CCC(O)C(C)(C)OOC(CC(C)(C)C)C(=O)O. The summed E-state index contributed by atoms with van der Waals surface area (Å²) in [5.74, 6) is -1.06. The van der Waals surface area contributed by atoms with Gasteiger partial charge in [-0.1, -0.05) is 27.7 Å². The molecule has 2 N–H and O–H groups in total. The summed E-state index contributed by atoms with van der Waals surface area (Å²) >= 11 is 0. The fourth-order valence-corrected chi connectivity index (χ4v) is 1.45. The van der Waals surface area contributed by atoms with E-state index in [1.54, 1.807) is 13.8 Å². The van der Waals surface area contributed by atoms with E-state index in [0.29, 0.717) is 12.8 Å². The van der Waals surface area contributed by atoms with Gasteiger partial charge in [-0.3, -0.25) is 0 Å². The van der Waals surface area contributed by atoms with Gasteiger partial charge in [0.2, 0.25) is 0 Å². The van der Waals surface area contributed by atoms with E-state index in [1.165, 1.54) is 0 Å². The second-order valence-electron chi connectivity index (χ2n) is 6.30. The predicted molar refractivity (Wildman–Crippen MR) is 68.0 cm³/mol. The minimum atomic E-state index is -1.06. The molecule has 0 aromatic rings. The highest BCUT2D eigenvalue weighted by molar-refractivity contribution is 5.72. The lowest BCUT2D eigenvalue weighted by Gasteiger charge is -2.31. The van der Waals surface area contributed by atoms with Gasteiger partial charge in [-0.2, -0.15) is 0 Å². The molecular weight excluding hydrogens is 236 g/mol. The molecule has 5 heteroatoms. The first-order chi connectivity index (χ1) is 7.99. The number of aliphatic hydroxyl groups excluding tert-OH is 1. The number of hydrogen-bond acceptors (Lipinski definition) is 4. The van der Waals surface area contributed by atoms with Gasteiger partial charge in [-0.25, -0.2) is 14.6 Å². The minimum Gasteiger partial charge on any atom is -0.479 e. The molecule has 0 aliphatic rings. The Morgan fingerprint density at radius 2 is 1.72 bits per heavy atom. The molecule has 0 saturated carbocycles. The van der Waals surface area contributed by atoms with E-state index in [2.05, 4.69) is 0 Å². The monoisotopic (exact) mass is 262 g/mol. The summed E-state index contributed by atoms with van der Waals surface area (Å²) in [6, 6.07) is 0. The molecule has 0 radical (unpaired) electrons. The van der Waals surface area contributed by atoms with Crippen LogP contribution in [0, 0.1) is 5.41 Å². The summed E-state index contributed by atoms with van der Waals surface area (Å²) in [6.07, 6.45) is -0.900. The van der Waals surface area contributed by atoms with Crippen molar-refractivity contribution in [2.45, 2.75) is 72.2 Å². The van der Waals surface area contributed by atoms with Gasteiger partial charge in [-0.15, -0.1) is 0 Å². The highest BCUT2D eigenvalue weighted by Gasteiger charge is 2.33. The van der Waals surface area contributed by atoms with Crippen molar-refractivity contribution in [1.82, 2.24) is 0 Å². The summed E-state index contributed by atoms with van der Waals surface area (Å²) in [7, 11) is 0. The van der Waals surface area contributed by atoms with Gasteiger partial charge in [0.1, 0.15) is 5.60 Å². The maximum atomic E-state index is 11.1. The topological polar surface area (TPSA) is 76.0 Å². The maximum absolute atomic E-state index is 11.1. The van der Waals surface area contributed by atoms with E-state index < -0.39 is 23.8 Å². The summed E-state index contributed by atoms with van der Waals surface area (Å²) in [5, 5.41) is 18.8. The fourth-order valence-electron chi connectivity index (χ4n) is 1.45. The molecule has 0 aliphatic heterocycles. The minimum absolute atomic E-state index is 0.181. The van der Waals surface area contributed by atoms with Crippen LogP contribution in [0.25, 0.3) is 0 Å². The first-order valence-corrected chi connectivity index (χ1v) is 6.25. The highest BCUT2D eigenvalue weighted by Crippen LogP contribution is 2.25. The van der Waals surface area contributed by atoms with Crippen LogP contribution in [0.3, 0.4) is 0 Å². The summed E-state index contributed by atoms with van der Waals surface area (Å²) in [4.78, 5) is 21.2. The van der Waals surface area contributed by atoms with Crippen LogP contribution >= 0.6 is 0 Å². The molecule has 18 heavy (non-hydrogen) atoms. The molecule has 0 rings (SSSR count). The molecule has 0 saturated heterocycles. The first kappa shape index (κ1) is 17.4. The summed E-state index contributed by atoms with van der Waals surface area (Å²) in [6.45, 7) is 10.9. The van der Waals surface area contributed by atoms with Crippen LogP contribution < -0.4 is 0 Å². The summed E-state index contributed by atoms with van der Waals surface area (Å²) in [5.41, 5.74) is -1.11. The van der Waals surface area contributed by atoms with E-state index in [0.717, 1.165) is 0 Å². The predicted octanol–water partition coefficient (Wildman–Crippen LogP) is 2.37. The van der Waals surface area contributed by atoms with Crippen molar-refractivity contribution in [3.05, 3.63) is 0 Å². The van der Waals surface area contributed by atoms with Crippen molar-refractivity contribution in [3.63, 3.8) is 0 Å². The summed E-state index contributed by atoms with van der Waals surface area (Å²) < 4.78 is 0. The number of carboxylic acids is 1. The van der Waals surface area contributed by atoms with E-state index in [-0.39, 0.29) is 5.41 Å². The Balaban J connectivity index is 4.50. The fraction of sp³-hybridized carbons (Fsp3) is 0.923. The van der Waals surface area contributed by atoms with E-state index >= 15 is 0 Å². The van der Waals surface area contributed by atoms with E-state index in [1.807, 2.05) is 27.7 Å². The molecule has 0 aromatic heterocycles. The van der Waals surface area contributed by atoms with Crippen LogP contribution in [0.2, 0.25) is 0 Å². The van der Waals surface area contributed by atoms with Crippen molar-refractivity contribution in [3.8, 4) is 0 Å². The largest absolute Gasteiger partial charge is 0.479 e. The Hall–Kier alpha value is -0.650.